The van der Waals surface area contributed by atoms with Crippen LogP contribution in [0.2, 0.25) is 0 Å². The van der Waals surface area contributed by atoms with Crippen molar-refractivity contribution in [1.29, 1.82) is 0 Å². The molecule has 0 saturated heterocycles. The number of hydrogen-bond donors (Lipinski definition) is 4. The molecular formula is C46H63N6O10S2+. The van der Waals surface area contributed by atoms with Crippen molar-refractivity contribution in [3.8, 4) is 0 Å². The van der Waals surface area contributed by atoms with Crippen LogP contribution in [0, 0.1) is 5.92 Å². The second-order valence-electron chi connectivity index (χ2n) is 17.7. The van der Waals surface area contributed by atoms with E-state index in [2.05, 4.69) is 24.2 Å². The molecule has 0 unspecified atom stereocenters. The molecule has 4 N–H and O–H groups in total. The number of unbranched alkanes of at least 4 members (excludes halogenated alkanes) is 2. The third-order valence-electron chi connectivity index (χ3n) is 12.0. The van der Waals surface area contributed by atoms with E-state index in [0.717, 1.165) is 33.9 Å². The summed E-state index contributed by atoms with van der Waals surface area (Å²) in [4.78, 5) is 47.6. The molecule has 0 radical (unpaired) electrons. The number of H-pyrrole nitrogens is 1. The topological polar surface area (TPSA) is 219 Å². The predicted molar refractivity (Wildman–Crippen MR) is 244 cm³/mol. The Bertz CT molecular complexity index is 2510. The number of fused-ring (bicyclic) bond motifs is 2. The zero-order valence-electron chi connectivity index (χ0n) is 37.9. The van der Waals surface area contributed by atoms with Crippen molar-refractivity contribution in [2.45, 2.75) is 107 Å². The molecular weight excluding hydrogens is 861 g/mol. The fraction of sp³-hybridized carbons (Fsp3) is 0.500. The molecule has 18 heteroatoms. The third kappa shape index (κ3) is 12.0. The fourth-order valence-corrected chi connectivity index (χ4v) is 10.0. The van der Waals surface area contributed by atoms with Gasteiger partial charge in [0, 0.05) is 98.1 Å². The number of ketones is 1. The summed E-state index contributed by atoms with van der Waals surface area (Å²) in [5.41, 5.74) is 4.49. The number of aromatic nitrogens is 2. The molecule has 0 amide bonds. The number of aliphatic carboxylic acids is 1. The second kappa shape index (κ2) is 20.9. The summed E-state index contributed by atoms with van der Waals surface area (Å²) >= 11 is 0. The standard InChI is InChI=1S/C46H62N6O10S2/c1-8-51-39-20-18-35(63(57,58)49-22-13-17-43(54)62-25-24-50(6)7)28-37(39)45(2,3)41(51)15-12-16-42-46(4,5)38-29-36(64(59,60)61)19-21-40(38)52(42)23-11-9-10-14-34(53)27-32(44(55)56)26-33-30-47-31-48-33/h12,15-16,18-21,28-32,49H,8-11,13-14,17,22-27H2,1-7H3,(H2-,47,48,55,56,59,60,61)/p+1/t32-/m0/s1. The molecule has 0 saturated carbocycles. The zero-order valence-corrected chi connectivity index (χ0v) is 39.5. The van der Waals surface area contributed by atoms with E-state index in [1.165, 1.54) is 18.5 Å². The van der Waals surface area contributed by atoms with Crippen LogP contribution in [-0.4, -0.2) is 116 Å². The molecule has 16 nitrogen and oxygen atoms in total. The molecule has 348 valence electrons. The van der Waals surface area contributed by atoms with Crippen molar-refractivity contribution in [3.05, 3.63) is 89.7 Å². The molecule has 1 atom stereocenters. The number of carbonyl (C=O) groups is 3. The number of carbonyl (C=O) groups excluding carboxylic acids is 2. The number of carboxylic acid groups (broad SMARTS) is 1. The molecule has 3 heterocycles. The van der Waals surface area contributed by atoms with Crippen LogP contribution in [0.5, 0.6) is 0 Å². The van der Waals surface area contributed by atoms with E-state index >= 15 is 0 Å². The fourth-order valence-electron chi connectivity index (χ4n) is 8.44. The Balaban J connectivity index is 1.32. The van der Waals surface area contributed by atoms with Gasteiger partial charge in [-0.25, -0.2) is 18.1 Å². The number of Topliss-reactive ketones (excluding diaryl/α,β-unsaturated/α-hetero) is 1. The minimum absolute atomic E-state index is 0.0657. The van der Waals surface area contributed by atoms with E-state index in [4.69, 9.17) is 4.74 Å². The Labute approximate surface area is 377 Å². The molecule has 2 aliphatic rings. The first-order valence-corrected chi connectivity index (χ1v) is 24.6. The average Bonchev–Trinajstić information content (AvgIpc) is 3.87. The van der Waals surface area contributed by atoms with Crippen molar-refractivity contribution >= 4 is 54.9 Å². The van der Waals surface area contributed by atoms with E-state index in [1.54, 1.807) is 24.4 Å². The van der Waals surface area contributed by atoms with Gasteiger partial charge < -0.3 is 24.6 Å². The van der Waals surface area contributed by atoms with Crippen molar-refractivity contribution in [1.82, 2.24) is 19.6 Å². The minimum Gasteiger partial charge on any atom is -0.481 e. The van der Waals surface area contributed by atoms with Crippen molar-refractivity contribution in [3.63, 3.8) is 0 Å². The van der Waals surface area contributed by atoms with Gasteiger partial charge in [0.05, 0.1) is 27.5 Å². The Morgan fingerprint density at radius 3 is 2.34 bits per heavy atom. The Morgan fingerprint density at radius 1 is 0.969 bits per heavy atom. The first kappa shape index (κ1) is 50.0. The Hall–Kier alpha value is -5.01. The maximum absolute atomic E-state index is 13.4. The molecule has 0 aliphatic carbocycles. The molecule has 0 spiro atoms. The highest BCUT2D eigenvalue weighted by Gasteiger charge is 2.45. The third-order valence-corrected chi connectivity index (χ3v) is 14.3. The number of carboxylic acids is 1. The number of ether oxygens (including phenoxy) is 1. The van der Waals surface area contributed by atoms with E-state index in [0.29, 0.717) is 51.0 Å². The summed E-state index contributed by atoms with van der Waals surface area (Å²) in [7, 11) is -4.59. The molecule has 1 aromatic heterocycles. The summed E-state index contributed by atoms with van der Waals surface area (Å²) in [6, 6.07) is 9.72. The van der Waals surface area contributed by atoms with Crippen molar-refractivity contribution in [2.24, 2.45) is 5.92 Å². The number of nitrogens with one attached hydrogen (secondary N) is 2. The molecule has 2 aromatic carbocycles. The molecule has 3 aromatic rings. The van der Waals surface area contributed by atoms with Crippen LogP contribution < -0.4 is 9.62 Å². The lowest BCUT2D eigenvalue weighted by Gasteiger charge is -2.25. The monoisotopic (exact) mass is 923 g/mol. The van der Waals surface area contributed by atoms with Crippen LogP contribution in [0.4, 0.5) is 11.4 Å². The average molecular weight is 924 g/mol. The number of allylic oxidation sites excluding steroid dienone is 4. The van der Waals surface area contributed by atoms with Gasteiger partial charge in [-0.1, -0.05) is 19.9 Å². The lowest BCUT2D eigenvalue weighted by molar-refractivity contribution is -0.438. The van der Waals surface area contributed by atoms with Crippen LogP contribution in [0.25, 0.3) is 0 Å². The van der Waals surface area contributed by atoms with Gasteiger partial charge in [0.15, 0.2) is 5.71 Å². The van der Waals surface area contributed by atoms with Crippen LogP contribution in [0.15, 0.2) is 82.6 Å². The largest absolute Gasteiger partial charge is 0.481 e. The number of imidazole rings is 1. The van der Waals surface area contributed by atoms with Gasteiger partial charge in [-0.2, -0.15) is 13.0 Å². The predicted octanol–water partition coefficient (Wildman–Crippen LogP) is 5.92. The van der Waals surface area contributed by atoms with E-state index in [-0.39, 0.29) is 60.4 Å². The highest BCUT2D eigenvalue weighted by molar-refractivity contribution is 7.89. The molecule has 0 bridgehead atoms. The van der Waals surface area contributed by atoms with Crippen LogP contribution in [0.1, 0.15) is 96.4 Å². The number of nitrogens with zero attached hydrogens (tertiary/aromatic N) is 4. The van der Waals surface area contributed by atoms with Crippen LogP contribution in [-0.2, 0) is 56.5 Å². The number of esters is 1. The maximum atomic E-state index is 13.4. The smallest absolute Gasteiger partial charge is 0.307 e. The normalized spacial score (nSPS) is 16.8. The number of benzene rings is 2. The quantitative estimate of drug-likeness (QED) is 0.0356. The minimum atomic E-state index is -4.47. The number of sulfonamides is 1. The maximum Gasteiger partial charge on any atom is 0.307 e. The van der Waals surface area contributed by atoms with E-state index < -0.39 is 42.9 Å². The van der Waals surface area contributed by atoms with Crippen molar-refractivity contribution < 1.29 is 50.2 Å². The molecule has 5 rings (SSSR count). The lowest BCUT2D eigenvalue weighted by Crippen LogP contribution is -2.28. The number of aromatic amines is 1. The summed E-state index contributed by atoms with van der Waals surface area (Å²) in [5.74, 6) is -2.36. The van der Waals surface area contributed by atoms with Gasteiger partial charge in [0.25, 0.3) is 10.1 Å². The van der Waals surface area contributed by atoms with Crippen molar-refractivity contribution in [2.75, 3.05) is 51.8 Å². The van der Waals surface area contributed by atoms with E-state index in [1.807, 2.05) is 77.9 Å². The first-order valence-electron chi connectivity index (χ1n) is 21.7. The number of hydrogen-bond acceptors (Lipinski definition) is 11. The van der Waals surface area contributed by atoms with Crippen LogP contribution in [0.3, 0.4) is 0 Å². The zero-order chi connectivity index (χ0) is 47.0. The van der Waals surface area contributed by atoms with Gasteiger partial charge in [0.2, 0.25) is 15.7 Å². The summed E-state index contributed by atoms with van der Waals surface area (Å²) in [6.07, 6.45) is 11.7. The second-order valence-corrected chi connectivity index (χ2v) is 20.9. The highest BCUT2D eigenvalue weighted by Crippen LogP contribution is 2.48. The number of likely N-dealkylation sites (N-methyl/N-ethyl adjacent to an activating group) is 2. The van der Waals surface area contributed by atoms with Crippen LogP contribution >= 0.6 is 0 Å². The lowest BCUT2D eigenvalue weighted by atomic mass is 9.81. The number of rotatable bonds is 24. The molecule has 64 heavy (non-hydrogen) atoms. The Kier molecular flexibility index (Phi) is 16.3. The summed E-state index contributed by atoms with van der Waals surface area (Å²) < 4.78 is 71.2. The highest BCUT2D eigenvalue weighted by atomic mass is 32.2. The van der Waals surface area contributed by atoms with Gasteiger partial charge in [0.1, 0.15) is 18.9 Å². The Morgan fingerprint density at radius 2 is 1.69 bits per heavy atom. The van der Waals surface area contributed by atoms with Gasteiger partial charge in [-0.3, -0.25) is 18.9 Å². The van der Waals surface area contributed by atoms with Gasteiger partial charge in [-0.05, 0) is 96.1 Å². The van der Waals surface area contributed by atoms with Gasteiger partial charge >= 0.3 is 11.9 Å². The molecule has 2 aliphatic heterocycles. The molecule has 0 fully saturated rings. The number of anilines is 1. The van der Waals surface area contributed by atoms with Gasteiger partial charge in [-0.15, -0.1) is 0 Å². The summed E-state index contributed by atoms with van der Waals surface area (Å²) in [6.45, 7) is 12.2. The first-order chi connectivity index (χ1) is 30.1. The van der Waals surface area contributed by atoms with E-state index in [9.17, 15) is 40.9 Å². The SMILES string of the molecule is CCN1C(=CC=CC2=[N+](CCCCCC(=O)C[C@H](Cc3cnc[nH]3)C(=O)O)c3ccc(S(=O)(=O)O)cc3C2(C)C)C(C)(C)c2cc(S(=O)(=O)NCCCC(=O)OCCN(C)C)ccc21. The summed E-state index contributed by atoms with van der Waals surface area (Å²) in [5, 5.41) is 9.69.